The minimum absolute atomic E-state index is 0.0919. The summed E-state index contributed by atoms with van der Waals surface area (Å²) in [6.45, 7) is -0.137. The number of phenols is 1. The highest BCUT2D eigenvalue weighted by atomic mass is 79.9. The van der Waals surface area contributed by atoms with Gasteiger partial charge in [0.2, 0.25) is 0 Å². The van der Waals surface area contributed by atoms with Gasteiger partial charge in [-0.25, -0.2) is 8.78 Å². The average molecular weight is 266 g/mol. The Morgan fingerprint density at radius 1 is 1.43 bits per heavy atom. The van der Waals surface area contributed by atoms with Crippen LogP contribution < -0.4 is 5.32 Å². The molecule has 0 fully saturated rings. The molecule has 0 bridgehead atoms. The predicted molar refractivity (Wildman–Crippen MR) is 53.5 cm³/mol. The standard InChI is InChI=1S/C9H10BrF2NO/c10-7-3-1-2-6(9(7)14)4-13-5-8(11)12/h1-3,8,13-14H,4-5H2. The van der Waals surface area contributed by atoms with Crippen LogP contribution in [0.2, 0.25) is 0 Å². The summed E-state index contributed by atoms with van der Waals surface area (Å²) in [6.07, 6.45) is -2.37. The zero-order valence-corrected chi connectivity index (χ0v) is 8.89. The van der Waals surface area contributed by atoms with Gasteiger partial charge in [0.05, 0.1) is 11.0 Å². The third-order valence-corrected chi connectivity index (χ3v) is 2.32. The Labute approximate surface area is 89.1 Å². The molecule has 14 heavy (non-hydrogen) atoms. The normalized spacial score (nSPS) is 10.9. The van der Waals surface area contributed by atoms with E-state index in [0.29, 0.717) is 10.0 Å². The summed E-state index contributed by atoms with van der Waals surface area (Å²) in [7, 11) is 0. The Morgan fingerprint density at radius 2 is 2.14 bits per heavy atom. The number of halogens is 3. The van der Waals surface area contributed by atoms with Crippen molar-refractivity contribution in [3.05, 3.63) is 28.2 Å². The molecule has 0 radical (unpaired) electrons. The van der Waals surface area contributed by atoms with Gasteiger partial charge in [0, 0.05) is 12.1 Å². The van der Waals surface area contributed by atoms with Crippen molar-refractivity contribution in [2.75, 3.05) is 6.54 Å². The molecule has 0 aliphatic rings. The maximum absolute atomic E-state index is 11.8. The van der Waals surface area contributed by atoms with Crippen LogP contribution >= 0.6 is 15.9 Å². The van der Waals surface area contributed by atoms with Crippen LogP contribution in [0.15, 0.2) is 22.7 Å². The van der Waals surface area contributed by atoms with E-state index in [1.165, 1.54) is 0 Å². The quantitative estimate of drug-likeness (QED) is 0.877. The van der Waals surface area contributed by atoms with Crippen molar-refractivity contribution in [3.63, 3.8) is 0 Å². The summed E-state index contributed by atoms with van der Waals surface area (Å²) >= 11 is 3.14. The number of aromatic hydroxyl groups is 1. The molecule has 0 aromatic heterocycles. The number of hydrogen-bond acceptors (Lipinski definition) is 2. The van der Waals surface area contributed by atoms with Gasteiger partial charge in [0.1, 0.15) is 5.75 Å². The largest absolute Gasteiger partial charge is 0.506 e. The lowest BCUT2D eigenvalue weighted by atomic mass is 10.2. The molecule has 1 aromatic rings. The number of rotatable bonds is 4. The SMILES string of the molecule is Oc1c(Br)cccc1CNCC(F)F. The van der Waals surface area contributed by atoms with Crippen molar-refractivity contribution in [1.82, 2.24) is 5.32 Å². The van der Waals surface area contributed by atoms with Crippen LogP contribution in [0.3, 0.4) is 0 Å². The third kappa shape index (κ3) is 3.23. The van der Waals surface area contributed by atoms with Crippen LogP contribution in [0.1, 0.15) is 5.56 Å². The second-order valence-electron chi connectivity index (χ2n) is 2.77. The molecule has 0 heterocycles. The first kappa shape index (κ1) is 11.4. The number of benzene rings is 1. The summed E-state index contributed by atoms with van der Waals surface area (Å²) in [5, 5.41) is 12.0. The van der Waals surface area contributed by atoms with Crippen molar-refractivity contribution < 1.29 is 13.9 Å². The zero-order valence-electron chi connectivity index (χ0n) is 7.30. The Kier molecular flexibility index (Phi) is 4.28. The van der Waals surface area contributed by atoms with Crippen molar-refractivity contribution in [2.45, 2.75) is 13.0 Å². The van der Waals surface area contributed by atoms with E-state index < -0.39 is 6.43 Å². The molecule has 0 atom stereocenters. The summed E-state index contributed by atoms with van der Waals surface area (Å²) in [5.74, 6) is 0.0919. The number of hydrogen-bond donors (Lipinski definition) is 2. The van der Waals surface area contributed by atoms with E-state index in [9.17, 15) is 13.9 Å². The highest BCUT2D eigenvalue weighted by Gasteiger charge is 2.05. The van der Waals surface area contributed by atoms with Crippen LogP contribution in [0.5, 0.6) is 5.75 Å². The van der Waals surface area contributed by atoms with Gasteiger partial charge < -0.3 is 10.4 Å². The molecular formula is C9H10BrF2NO. The van der Waals surface area contributed by atoms with E-state index in [4.69, 9.17) is 0 Å². The summed E-state index contributed by atoms with van der Waals surface area (Å²) < 4.78 is 24.1. The molecule has 0 saturated heterocycles. The predicted octanol–water partition coefficient (Wildman–Crippen LogP) is 2.51. The fraction of sp³-hybridized carbons (Fsp3) is 0.333. The number of nitrogens with one attached hydrogen (secondary N) is 1. The first-order valence-electron chi connectivity index (χ1n) is 4.06. The fourth-order valence-corrected chi connectivity index (χ4v) is 1.43. The minimum atomic E-state index is -2.37. The van der Waals surface area contributed by atoms with Crippen molar-refractivity contribution in [2.24, 2.45) is 0 Å². The first-order valence-corrected chi connectivity index (χ1v) is 4.85. The van der Waals surface area contributed by atoms with Crippen LogP contribution in [0, 0.1) is 0 Å². The van der Waals surface area contributed by atoms with Crippen molar-refractivity contribution in [1.29, 1.82) is 0 Å². The molecule has 78 valence electrons. The molecule has 0 aliphatic heterocycles. The number of alkyl halides is 2. The van der Waals surface area contributed by atoms with E-state index in [1.54, 1.807) is 18.2 Å². The molecule has 5 heteroatoms. The van der Waals surface area contributed by atoms with E-state index >= 15 is 0 Å². The number of phenolic OH excluding ortho intramolecular Hbond substituents is 1. The third-order valence-electron chi connectivity index (χ3n) is 1.68. The lowest BCUT2D eigenvalue weighted by Gasteiger charge is -2.07. The smallest absolute Gasteiger partial charge is 0.250 e. The Hall–Kier alpha value is -0.680. The Balaban J connectivity index is 2.54. The second kappa shape index (κ2) is 5.26. The topological polar surface area (TPSA) is 32.3 Å². The van der Waals surface area contributed by atoms with Crippen LogP contribution in [0.4, 0.5) is 8.78 Å². The zero-order chi connectivity index (χ0) is 10.6. The van der Waals surface area contributed by atoms with Gasteiger partial charge in [-0.1, -0.05) is 12.1 Å². The van der Waals surface area contributed by atoms with Gasteiger partial charge in [-0.3, -0.25) is 0 Å². The highest BCUT2D eigenvalue weighted by molar-refractivity contribution is 9.10. The molecule has 0 unspecified atom stereocenters. The lowest BCUT2D eigenvalue weighted by molar-refractivity contribution is 0.145. The molecule has 0 saturated carbocycles. The first-order chi connectivity index (χ1) is 6.61. The molecule has 2 N–H and O–H groups in total. The molecular weight excluding hydrogens is 256 g/mol. The summed E-state index contributed by atoms with van der Waals surface area (Å²) in [4.78, 5) is 0. The van der Waals surface area contributed by atoms with Gasteiger partial charge in [-0.15, -0.1) is 0 Å². The van der Waals surface area contributed by atoms with E-state index in [2.05, 4.69) is 21.2 Å². The molecule has 2 nitrogen and oxygen atoms in total. The van der Waals surface area contributed by atoms with E-state index in [0.717, 1.165) is 0 Å². The summed E-state index contributed by atoms with van der Waals surface area (Å²) in [6, 6.07) is 5.10. The fourth-order valence-electron chi connectivity index (χ4n) is 1.02. The molecule has 1 rings (SSSR count). The van der Waals surface area contributed by atoms with Crippen LogP contribution in [-0.4, -0.2) is 18.1 Å². The molecule has 0 aliphatic carbocycles. The number of para-hydroxylation sites is 1. The van der Waals surface area contributed by atoms with Gasteiger partial charge in [0.15, 0.2) is 0 Å². The average Bonchev–Trinajstić information content (AvgIpc) is 2.12. The lowest BCUT2D eigenvalue weighted by Crippen LogP contribution is -2.20. The molecule has 0 amide bonds. The van der Waals surface area contributed by atoms with Gasteiger partial charge in [0.25, 0.3) is 6.43 Å². The Bertz CT molecular complexity index is 307. The monoisotopic (exact) mass is 265 g/mol. The van der Waals surface area contributed by atoms with Crippen LogP contribution in [0.25, 0.3) is 0 Å². The van der Waals surface area contributed by atoms with Gasteiger partial charge in [-0.05, 0) is 22.0 Å². The Morgan fingerprint density at radius 3 is 2.79 bits per heavy atom. The van der Waals surface area contributed by atoms with Crippen molar-refractivity contribution >= 4 is 15.9 Å². The van der Waals surface area contributed by atoms with Crippen LogP contribution in [-0.2, 0) is 6.54 Å². The second-order valence-corrected chi connectivity index (χ2v) is 3.62. The van der Waals surface area contributed by atoms with Gasteiger partial charge in [-0.2, -0.15) is 0 Å². The molecule has 1 aromatic carbocycles. The summed E-state index contributed by atoms with van der Waals surface area (Å²) in [5.41, 5.74) is 0.597. The highest BCUT2D eigenvalue weighted by Crippen LogP contribution is 2.27. The van der Waals surface area contributed by atoms with E-state index in [-0.39, 0.29) is 18.8 Å². The van der Waals surface area contributed by atoms with E-state index in [1.807, 2.05) is 0 Å². The minimum Gasteiger partial charge on any atom is -0.506 e. The maximum atomic E-state index is 11.8. The van der Waals surface area contributed by atoms with Gasteiger partial charge >= 0.3 is 0 Å². The van der Waals surface area contributed by atoms with Crippen molar-refractivity contribution in [3.8, 4) is 5.75 Å². The molecule has 0 spiro atoms. The maximum Gasteiger partial charge on any atom is 0.250 e.